The highest BCUT2D eigenvalue weighted by Crippen LogP contribution is 2.21. The molecular weight excluding hydrogens is 398 g/mol. The zero-order valence-electron chi connectivity index (χ0n) is 17.6. The lowest BCUT2D eigenvalue weighted by Crippen LogP contribution is -2.28. The van der Waals surface area contributed by atoms with Crippen LogP contribution >= 0.6 is 0 Å². The fourth-order valence-electron chi connectivity index (χ4n) is 3.52. The normalized spacial score (nSPS) is 13.6. The number of aromatic nitrogens is 1. The highest BCUT2D eigenvalue weighted by molar-refractivity contribution is 7.89. The van der Waals surface area contributed by atoms with E-state index in [0.29, 0.717) is 0 Å². The van der Waals surface area contributed by atoms with Gasteiger partial charge in [0.25, 0.3) is 5.91 Å². The monoisotopic (exact) mass is 425 g/mol. The molecule has 30 heavy (non-hydrogen) atoms. The Morgan fingerprint density at radius 1 is 0.900 bits per heavy atom. The lowest BCUT2D eigenvalue weighted by molar-refractivity contribution is 0.0935. The van der Waals surface area contributed by atoms with Crippen LogP contribution in [0.15, 0.2) is 65.7 Å². The Morgan fingerprint density at radius 3 is 2.00 bits per heavy atom. The quantitative estimate of drug-likeness (QED) is 0.531. The van der Waals surface area contributed by atoms with E-state index in [2.05, 4.69) is 15.0 Å². The van der Waals surface area contributed by atoms with Crippen molar-refractivity contribution in [1.82, 2.24) is 15.0 Å². The van der Waals surface area contributed by atoms with E-state index in [1.807, 2.05) is 69.3 Å². The summed E-state index contributed by atoms with van der Waals surface area (Å²) in [6, 6.07) is 16.2. The van der Waals surface area contributed by atoms with Crippen molar-refractivity contribution in [3.05, 3.63) is 88.7 Å². The van der Waals surface area contributed by atoms with Gasteiger partial charge in [-0.1, -0.05) is 48.5 Å². The summed E-state index contributed by atoms with van der Waals surface area (Å²) >= 11 is 0. The number of aromatic amines is 1. The molecule has 158 valence electrons. The summed E-state index contributed by atoms with van der Waals surface area (Å²) in [7, 11) is -3.79. The van der Waals surface area contributed by atoms with Gasteiger partial charge in [0.05, 0.1) is 6.04 Å². The van der Waals surface area contributed by atoms with Crippen LogP contribution in [0.4, 0.5) is 0 Å². The van der Waals surface area contributed by atoms with Crippen LogP contribution in [-0.2, 0) is 10.0 Å². The summed E-state index contributed by atoms with van der Waals surface area (Å²) in [4.78, 5) is 15.4. The van der Waals surface area contributed by atoms with Crippen molar-refractivity contribution in [2.75, 3.05) is 0 Å². The van der Waals surface area contributed by atoms with E-state index in [1.54, 1.807) is 6.92 Å². The van der Waals surface area contributed by atoms with Gasteiger partial charge in [-0.2, -0.15) is 0 Å². The van der Waals surface area contributed by atoms with Gasteiger partial charge < -0.3 is 10.3 Å². The number of carbonyl (C=O) groups is 1. The second-order valence-corrected chi connectivity index (χ2v) is 9.21. The molecule has 0 aliphatic rings. The van der Waals surface area contributed by atoms with Crippen molar-refractivity contribution in [2.24, 2.45) is 0 Å². The van der Waals surface area contributed by atoms with Gasteiger partial charge in [0.1, 0.15) is 10.6 Å². The van der Waals surface area contributed by atoms with Crippen molar-refractivity contribution in [3.8, 4) is 0 Å². The first-order valence-electron chi connectivity index (χ1n) is 9.81. The number of aryl methyl sites for hydroxylation is 2. The van der Waals surface area contributed by atoms with Gasteiger partial charge in [0.15, 0.2) is 0 Å². The summed E-state index contributed by atoms with van der Waals surface area (Å²) in [5, 5.41) is 2.91. The average molecular weight is 426 g/mol. The number of nitrogens with one attached hydrogen (secondary N) is 3. The van der Waals surface area contributed by atoms with E-state index >= 15 is 0 Å². The van der Waals surface area contributed by atoms with Crippen LogP contribution in [0.25, 0.3) is 0 Å². The maximum Gasteiger partial charge on any atom is 0.268 e. The molecule has 1 heterocycles. The van der Waals surface area contributed by atoms with Gasteiger partial charge in [0, 0.05) is 12.2 Å². The molecule has 0 unspecified atom stereocenters. The lowest BCUT2D eigenvalue weighted by atomic mass is 10.0. The molecule has 2 aromatic carbocycles. The third kappa shape index (κ3) is 4.80. The standard InChI is InChI=1S/C23H27N3O3S/c1-15-9-5-7-11-20(15)17(3)25-23(27)22-13-19(14-24-22)30(28,29)26-18(4)21-12-8-6-10-16(21)2/h5-14,17-18,24,26H,1-4H3,(H,25,27)/t17-,18-/m0/s1. The fraction of sp³-hybridized carbons (Fsp3) is 0.261. The predicted molar refractivity (Wildman–Crippen MR) is 118 cm³/mol. The van der Waals surface area contributed by atoms with E-state index in [-0.39, 0.29) is 22.5 Å². The van der Waals surface area contributed by atoms with E-state index in [9.17, 15) is 13.2 Å². The number of hydrogen-bond donors (Lipinski definition) is 3. The van der Waals surface area contributed by atoms with Gasteiger partial charge in [-0.25, -0.2) is 13.1 Å². The highest BCUT2D eigenvalue weighted by Gasteiger charge is 2.22. The second-order valence-electron chi connectivity index (χ2n) is 7.50. The first-order valence-corrected chi connectivity index (χ1v) is 11.3. The Hall–Kier alpha value is -2.90. The molecule has 3 rings (SSSR count). The molecule has 3 N–H and O–H groups in total. The first-order chi connectivity index (χ1) is 14.2. The number of hydrogen-bond acceptors (Lipinski definition) is 3. The van der Waals surface area contributed by atoms with Crippen LogP contribution in [0.2, 0.25) is 0 Å². The molecule has 0 saturated heterocycles. The number of benzene rings is 2. The van der Waals surface area contributed by atoms with Crippen LogP contribution < -0.4 is 10.0 Å². The summed E-state index contributed by atoms with van der Waals surface area (Å²) < 4.78 is 28.3. The first kappa shape index (κ1) is 21.8. The van der Waals surface area contributed by atoms with Crippen LogP contribution in [0.5, 0.6) is 0 Å². The molecule has 0 saturated carbocycles. The van der Waals surface area contributed by atoms with Crippen molar-refractivity contribution in [2.45, 2.75) is 44.7 Å². The number of rotatable bonds is 7. The van der Waals surface area contributed by atoms with Crippen LogP contribution in [0, 0.1) is 13.8 Å². The minimum absolute atomic E-state index is 0.0247. The smallest absolute Gasteiger partial charge is 0.268 e. The molecule has 0 bridgehead atoms. The average Bonchev–Trinajstić information content (AvgIpc) is 3.19. The van der Waals surface area contributed by atoms with E-state index in [0.717, 1.165) is 22.3 Å². The van der Waals surface area contributed by atoms with E-state index in [4.69, 9.17) is 0 Å². The second kappa shape index (κ2) is 8.85. The van der Waals surface area contributed by atoms with E-state index in [1.165, 1.54) is 12.3 Å². The number of amides is 1. The predicted octanol–water partition coefficient (Wildman–Crippen LogP) is 4.16. The van der Waals surface area contributed by atoms with Gasteiger partial charge in [-0.05, 0) is 56.0 Å². The molecule has 0 aliphatic heterocycles. The van der Waals surface area contributed by atoms with Crippen LogP contribution in [-0.4, -0.2) is 19.3 Å². The molecule has 7 heteroatoms. The highest BCUT2D eigenvalue weighted by atomic mass is 32.2. The number of carbonyl (C=O) groups excluding carboxylic acids is 1. The summed E-state index contributed by atoms with van der Waals surface area (Å²) in [5.74, 6) is -0.362. The third-order valence-corrected chi connectivity index (χ3v) is 6.72. The molecular formula is C23H27N3O3S. The van der Waals surface area contributed by atoms with Crippen molar-refractivity contribution >= 4 is 15.9 Å². The van der Waals surface area contributed by atoms with Crippen LogP contribution in [0.3, 0.4) is 0 Å². The minimum Gasteiger partial charge on any atom is -0.356 e. The SMILES string of the molecule is Cc1ccccc1[C@H](C)NC(=O)c1cc(S(=O)(=O)N[C@@H](C)c2ccccc2C)c[nH]1. The lowest BCUT2D eigenvalue weighted by Gasteiger charge is -2.16. The largest absolute Gasteiger partial charge is 0.356 e. The topological polar surface area (TPSA) is 91.1 Å². The molecule has 3 aromatic rings. The molecule has 1 amide bonds. The zero-order valence-corrected chi connectivity index (χ0v) is 18.4. The summed E-state index contributed by atoms with van der Waals surface area (Å²) in [6.07, 6.45) is 1.33. The molecule has 0 radical (unpaired) electrons. The summed E-state index contributed by atoms with van der Waals surface area (Å²) in [6.45, 7) is 7.61. The van der Waals surface area contributed by atoms with Crippen LogP contribution in [0.1, 0.15) is 58.7 Å². The Morgan fingerprint density at radius 2 is 1.43 bits per heavy atom. The van der Waals surface area contributed by atoms with E-state index < -0.39 is 16.1 Å². The summed E-state index contributed by atoms with van der Waals surface area (Å²) in [5.41, 5.74) is 4.20. The van der Waals surface area contributed by atoms with Gasteiger partial charge >= 0.3 is 0 Å². The zero-order chi connectivity index (χ0) is 21.9. The Bertz CT molecular complexity index is 1150. The van der Waals surface area contributed by atoms with Gasteiger partial charge in [-0.15, -0.1) is 0 Å². The molecule has 2 atom stereocenters. The Balaban J connectivity index is 1.72. The van der Waals surface area contributed by atoms with Crippen molar-refractivity contribution < 1.29 is 13.2 Å². The van der Waals surface area contributed by atoms with Crippen molar-refractivity contribution in [1.29, 1.82) is 0 Å². The maximum absolute atomic E-state index is 12.8. The molecule has 6 nitrogen and oxygen atoms in total. The molecule has 0 fully saturated rings. The van der Waals surface area contributed by atoms with Gasteiger partial charge in [-0.3, -0.25) is 4.79 Å². The Kier molecular flexibility index (Phi) is 6.43. The molecule has 0 spiro atoms. The molecule has 0 aliphatic carbocycles. The van der Waals surface area contributed by atoms with Gasteiger partial charge in [0.2, 0.25) is 10.0 Å². The Labute approximate surface area is 177 Å². The van der Waals surface area contributed by atoms with Crippen molar-refractivity contribution in [3.63, 3.8) is 0 Å². The number of sulfonamides is 1. The third-order valence-electron chi connectivity index (χ3n) is 5.20. The number of H-pyrrole nitrogens is 1. The molecule has 1 aromatic heterocycles. The minimum atomic E-state index is -3.79. The fourth-order valence-corrected chi connectivity index (χ4v) is 4.74. The maximum atomic E-state index is 12.8.